The van der Waals surface area contributed by atoms with E-state index in [1.165, 1.54) is 0 Å². The summed E-state index contributed by atoms with van der Waals surface area (Å²) >= 11 is 5.16. The molecule has 136 valence electrons. The van der Waals surface area contributed by atoms with Gasteiger partial charge >= 0.3 is 0 Å². The van der Waals surface area contributed by atoms with Crippen LogP contribution in [0.5, 0.6) is 5.75 Å². The zero-order chi connectivity index (χ0) is 18.9. The number of nitrogens with zero attached hydrogens (tertiary/aromatic N) is 1. The van der Waals surface area contributed by atoms with Crippen LogP contribution in [-0.4, -0.2) is 16.0 Å². The molecule has 6 heteroatoms. The maximum absolute atomic E-state index is 12.3. The molecular formula is C21H19N3O2S. The van der Waals surface area contributed by atoms with Crippen LogP contribution in [0.2, 0.25) is 0 Å². The summed E-state index contributed by atoms with van der Waals surface area (Å²) in [6.07, 6.45) is 3.45. The first-order valence-electron chi connectivity index (χ1n) is 8.45. The molecular weight excluding hydrogens is 358 g/mol. The third-order valence-corrected chi connectivity index (χ3v) is 4.01. The van der Waals surface area contributed by atoms with Crippen LogP contribution >= 0.6 is 12.2 Å². The van der Waals surface area contributed by atoms with Crippen molar-refractivity contribution in [3.05, 3.63) is 95.8 Å². The molecule has 1 amide bonds. The fraction of sp³-hybridized carbons (Fsp3) is 0.0952. The van der Waals surface area contributed by atoms with Gasteiger partial charge in [0.2, 0.25) is 0 Å². The van der Waals surface area contributed by atoms with Crippen molar-refractivity contribution in [1.82, 2.24) is 15.6 Å². The van der Waals surface area contributed by atoms with E-state index in [1.54, 1.807) is 36.7 Å². The minimum absolute atomic E-state index is 0.270. The summed E-state index contributed by atoms with van der Waals surface area (Å²) in [5.74, 6) is 0.431. The third-order valence-electron chi connectivity index (χ3n) is 3.77. The zero-order valence-corrected chi connectivity index (χ0v) is 15.4. The van der Waals surface area contributed by atoms with Gasteiger partial charge in [-0.05, 0) is 53.7 Å². The molecule has 2 aromatic carbocycles. The van der Waals surface area contributed by atoms with E-state index in [-0.39, 0.29) is 11.0 Å². The number of ether oxygens (including phenoxy) is 1. The molecule has 0 unspecified atom stereocenters. The highest BCUT2D eigenvalue weighted by atomic mass is 32.1. The summed E-state index contributed by atoms with van der Waals surface area (Å²) < 4.78 is 5.72. The molecule has 0 spiro atoms. The lowest BCUT2D eigenvalue weighted by atomic mass is 10.2. The maximum Gasteiger partial charge on any atom is 0.257 e. The van der Waals surface area contributed by atoms with E-state index in [0.29, 0.717) is 24.5 Å². The Morgan fingerprint density at radius 2 is 1.70 bits per heavy atom. The minimum atomic E-state index is -0.270. The van der Waals surface area contributed by atoms with Gasteiger partial charge in [-0.3, -0.25) is 15.1 Å². The molecule has 3 rings (SSSR count). The van der Waals surface area contributed by atoms with E-state index >= 15 is 0 Å². The summed E-state index contributed by atoms with van der Waals surface area (Å²) in [6.45, 7) is 0.980. The van der Waals surface area contributed by atoms with Crippen molar-refractivity contribution < 1.29 is 9.53 Å². The van der Waals surface area contributed by atoms with Crippen LogP contribution in [0.25, 0.3) is 0 Å². The zero-order valence-electron chi connectivity index (χ0n) is 14.6. The SMILES string of the molecule is O=C(NC(=S)NCc1cccnc1)c1ccc(OCc2ccccc2)cc1. The molecule has 27 heavy (non-hydrogen) atoms. The maximum atomic E-state index is 12.3. The topological polar surface area (TPSA) is 63.2 Å². The average Bonchev–Trinajstić information content (AvgIpc) is 2.72. The van der Waals surface area contributed by atoms with E-state index in [2.05, 4.69) is 15.6 Å². The number of amides is 1. The lowest BCUT2D eigenvalue weighted by Gasteiger charge is -2.10. The summed E-state index contributed by atoms with van der Waals surface area (Å²) in [6, 6.07) is 20.6. The Labute approximate surface area is 163 Å². The number of carbonyl (C=O) groups is 1. The normalized spacial score (nSPS) is 10.1. The second-order valence-corrected chi connectivity index (χ2v) is 6.20. The lowest BCUT2D eigenvalue weighted by Crippen LogP contribution is -2.38. The molecule has 1 aromatic heterocycles. The van der Waals surface area contributed by atoms with Crippen LogP contribution in [0, 0.1) is 0 Å². The highest BCUT2D eigenvalue weighted by Crippen LogP contribution is 2.14. The molecule has 0 aliphatic rings. The van der Waals surface area contributed by atoms with Gasteiger partial charge in [0.1, 0.15) is 12.4 Å². The molecule has 3 aromatic rings. The third kappa shape index (κ3) is 5.90. The van der Waals surface area contributed by atoms with Crippen molar-refractivity contribution >= 4 is 23.2 Å². The van der Waals surface area contributed by atoms with Crippen molar-refractivity contribution in [3.8, 4) is 5.75 Å². The smallest absolute Gasteiger partial charge is 0.257 e. The lowest BCUT2D eigenvalue weighted by molar-refractivity contribution is 0.0976. The first kappa shape index (κ1) is 18.5. The first-order chi connectivity index (χ1) is 13.2. The van der Waals surface area contributed by atoms with Gasteiger partial charge in [-0.15, -0.1) is 0 Å². The molecule has 0 atom stereocenters. The van der Waals surface area contributed by atoms with E-state index < -0.39 is 0 Å². The fourth-order valence-electron chi connectivity index (χ4n) is 2.35. The number of carbonyl (C=O) groups excluding carboxylic acids is 1. The van der Waals surface area contributed by atoms with Crippen LogP contribution in [0.3, 0.4) is 0 Å². The minimum Gasteiger partial charge on any atom is -0.489 e. The number of nitrogens with one attached hydrogen (secondary N) is 2. The van der Waals surface area contributed by atoms with Gasteiger partial charge in [0.05, 0.1) is 0 Å². The molecule has 5 nitrogen and oxygen atoms in total. The molecule has 0 aliphatic heterocycles. The molecule has 2 N–H and O–H groups in total. The molecule has 0 aliphatic carbocycles. The number of rotatable bonds is 6. The van der Waals surface area contributed by atoms with Crippen molar-refractivity contribution in [2.24, 2.45) is 0 Å². The second kappa shape index (κ2) is 9.45. The summed E-state index contributed by atoms with van der Waals surface area (Å²) in [5, 5.41) is 5.92. The van der Waals surface area contributed by atoms with Gasteiger partial charge in [-0.1, -0.05) is 36.4 Å². The van der Waals surface area contributed by atoms with E-state index in [1.807, 2.05) is 42.5 Å². The Balaban J connectivity index is 1.47. The molecule has 0 radical (unpaired) electrons. The second-order valence-electron chi connectivity index (χ2n) is 5.80. The first-order valence-corrected chi connectivity index (χ1v) is 8.86. The predicted octanol–water partition coefficient (Wildman–Crippen LogP) is 3.47. The molecule has 0 saturated heterocycles. The number of aromatic nitrogens is 1. The Bertz CT molecular complexity index is 884. The standard InChI is InChI=1S/C21H19N3O2S/c25-20(24-21(27)23-14-17-7-4-12-22-13-17)18-8-10-19(11-9-18)26-15-16-5-2-1-3-6-16/h1-13H,14-15H2,(H2,23,24,25,27). The average molecular weight is 377 g/mol. The van der Waals surface area contributed by atoms with Gasteiger partial charge in [0.25, 0.3) is 5.91 Å². The Kier molecular flexibility index (Phi) is 6.49. The van der Waals surface area contributed by atoms with Gasteiger partial charge < -0.3 is 10.1 Å². The van der Waals surface area contributed by atoms with Crippen molar-refractivity contribution in [2.45, 2.75) is 13.2 Å². The molecule has 0 bridgehead atoms. The van der Waals surface area contributed by atoms with Crippen molar-refractivity contribution in [3.63, 3.8) is 0 Å². The van der Waals surface area contributed by atoms with E-state index in [9.17, 15) is 4.79 Å². The van der Waals surface area contributed by atoms with Crippen LogP contribution in [0.4, 0.5) is 0 Å². The Hall–Kier alpha value is -3.25. The number of hydrogen-bond donors (Lipinski definition) is 2. The van der Waals surface area contributed by atoms with Crippen LogP contribution in [-0.2, 0) is 13.2 Å². The van der Waals surface area contributed by atoms with Crippen LogP contribution < -0.4 is 15.4 Å². The predicted molar refractivity (Wildman–Crippen MR) is 108 cm³/mol. The van der Waals surface area contributed by atoms with Crippen LogP contribution in [0.1, 0.15) is 21.5 Å². The highest BCUT2D eigenvalue weighted by molar-refractivity contribution is 7.80. The van der Waals surface area contributed by atoms with E-state index in [0.717, 1.165) is 11.1 Å². The Morgan fingerprint density at radius 1 is 0.963 bits per heavy atom. The van der Waals surface area contributed by atoms with Gasteiger partial charge in [-0.25, -0.2) is 0 Å². The summed E-state index contributed by atoms with van der Waals surface area (Å²) in [4.78, 5) is 16.3. The number of pyridine rings is 1. The van der Waals surface area contributed by atoms with Crippen molar-refractivity contribution in [1.29, 1.82) is 0 Å². The quantitative estimate of drug-likeness (QED) is 0.644. The van der Waals surface area contributed by atoms with Gasteiger partial charge in [0, 0.05) is 24.5 Å². The number of thiocarbonyl (C=S) groups is 1. The molecule has 1 heterocycles. The number of hydrogen-bond acceptors (Lipinski definition) is 4. The number of benzene rings is 2. The fourth-order valence-corrected chi connectivity index (χ4v) is 2.51. The highest BCUT2D eigenvalue weighted by Gasteiger charge is 2.08. The summed E-state index contributed by atoms with van der Waals surface area (Å²) in [5.41, 5.74) is 2.57. The van der Waals surface area contributed by atoms with Gasteiger partial charge in [0.15, 0.2) is 5.11 Å². The van der Waals surface area contributed by atoms with Crippen LogP contribution in [0.15, 0.2) is 79.1 Å². The Morgan fingerprint density at radius 3 is 2.41 bits per heavy atom. The molecule has 0 saturated carbocycles. The summed E-state index contributed by atoms with van der Waals surface area (Å²) in [7, 11) is 0. The van der Waals surface area contributed by atoms with Crippen molar-refractivity contribution in [2.75, 3.05) is 0 Å². The van der Waals surface area contributed by atoms with E-state index in [4.69, 9.17) is 17.0 Å². The molecule has 0 fully saturated rings. The largest absolute Gasteiger partial charge is 0.489 e. The monoisotopic (exact) mass is 377 g/mol. The van der Waals surface area contributed by atoms with Gasteiger partial charge in [-0.2, -0.15) is 0 Å².